The van der Waals surface area contributed by atoms with Crippen LogP contribution < -0.4 is 14.8 Å². The first-order chi connectivity index (χ1) is 14.2. The second-order valence-electron chi connectivity index (χ2n) is 8.27. The van der Waals surface area contributed by atoms with Crippen LogP contribution in [0.3, 0.4) is 0 Å². The van der Waals surface area contributed by atoms with Gasteiger partial charge in [-0.25, -0.2) is 0 Å². The van der Waals surface area contributed by atoms with Crippen molar-refractivity contribution in [1.29, 1.82) is 0 Å². The number of methoxy groups -OCH3 is 2. The molecule has 0 bridgehead atoms. The van der Waals surface area contributed by atoms with E-state index in [0.717, 1.165) is 49.5 Å². The van der Waals surface area contributed by atoms with Crippen molar-refractivity contribution in [2.75, 3.05) is 33.9 Å². The minimum absolute atomic E-state index is 0.0594. The zero-order valence-electron chi connectivity index (χ0n) is 17.4. The van der Waals surface area contributed by atoms with Gasteiger partial charge in [0, 0.05) is 12.6 Å². The van der Waals surface area contributed by atoms with Crippen LogP contribution in [0.2, 0.25) is 0 Å². The molecule has 156 valence electrons. The Labute approximate surface area is 173 Å². The molecule has 0 spiro atoms. The van der Waals surface area contributed by atoms with E-state index >= 15 is 0 Å². The van der Waals surface area contributed by atoms with Gasteiger partial charge in [-0.3, -0.25) is 4.90 Å². The van der Waals surface area contributed by atoms with Crippen LogP contribution in [0.5, 0.6) is 11.5 Å². The van der Waals surface area contributed by atoms with Crippen LogP contribution >= 0.6 is 0 Å². The van der Waals surface area contributed by atoms with Crippen molar-refractivity contribution >= 4 is 0 Å². The number of benzene rings is 2. The summed E-state index contributed by atoms with van der Waals surface area (Å²) >= 11 is 0. The van der Waals surface area contributed by atoms with E-state index in [1.807, 2.05) is 12.1 Å². The highest BCUT2D eigenvalue weighted by atomic mass is 16.5. The van der Waals surface area contributed by atoms with Crippen molar-refractivity contribution < 1.29 is 14.6 Å². The molecule has 0 aromatic heterocycles. The summed E-state index contributed by atoms with van der Waals surface area (Å²) in [5.41, 5.74) is 3.49. The van der Waals surface area contributed by atoms with Gasteiger partial charge in [0.25, 0.3) is 0 Å². The van der Waals surface area contributed by atoms with Crippen LogP contribution in [0.1, 0.15) is 35.6 Å². The number of hydrogen-bond acceptors (Lipinski definition) is 5. The second-order valence-corrected chi connectivity index (χ2v) is 8.27. The lowest BCUT2D eigenvalue weighted by Crippen LogP contribution is -2.41. The Kier molecular flexibility index (Phi) is 6.38. The van der Waals surface area contributed by atoms with E-state index in [1.165, 1.54) is 18.4 Å². The Morgan fingerprint density at radius 1 is 1.03 bits per heavy atom. The van der Waals surface area contributed by atoms with Gasteiger partial charge in [-0.05, 0) is 73.6 Å². The molecule has 4 rings (SSSR count). The Bertz CT molecular complexity index is 803. The molecule has 1 heterocycles. The highest BCUT2D eigenvalue weighted by Crippen LogP contribution is 2.39. The maximum Gasteiger partial charge on any atom is 0.161 e. The average Bonchev–Trinajstić information content (AvgIpc) is 3.07. The summed E-state index contributed by atoms with van der Waals surface area (Å²) in [5.74, 6) is 2.07. The lowest BCUT2D eigenvalue weighted by molar-refractivity contribution is 0.129. The van der Waals surface area contributed by atoms with Gasteiger partial charge in [0.05, 0.1) is 20.3 Å². The van der Waals surface area contributed by atoms with Gasteiger partial charge in [0.2, 0.25) is 0 Å². The molecule has 5 nitrogen and oxygen atoms in total. The highest BCUT2D eigenvalue weighted by molar-refractivity contribution is 5.50. The van der Waals surface area contributed by atoms with E-state index in [2.05, 4.69) is 40.5 Å². The van der Waals surface area contributed by atoms with Crippen LogP contribution in [0.4, 0.5) is 0 Å². The summed E-state index contributed by atoms with van der Waals surface area (Å²) < 4.78 is 10.8. The highest BCUT2D eigenvalue weighted by Gasteiger charge is 2.33. The Morgan fingerprint density at radius 3 is 2.41 bits per heavy atom. The minimum Gasteiger partial charge on any atom is -0.493 e. The lowest BCUT2D eigenvalue weighted by Gasteiger charge is -2.33. The van der Waals surface area contributed by atoms with Crippen molar-refractivity contribution in [1.82, 2.24) is 10.2 Å². The molecule has 1 saturated heterocycles. The van der Waals surface area contributed by atoms with E-state index in [1.54, 1.807) is 14.2 Å². The molecule has 1 aliphatic carbocycles. The number of rotatable bonds is 7. The van der Waals surface area contributed by atoms with Crippen LogP contribution in [-0.4, -0.2) is 49.9 Å². The molecule has 0 saturated carbocycles. The maximum absolute atomic E-state index is 10.8. The standard InChI is InChI=1S/C24H32N2O3/c1-28-22-13-19-12-21(24(27)20(19)14-23(22)29-2)25-15-17-8-10-26(11-9-17)16-18-6-4-3-5-7-18/h3-7,13-14,17,21,24-25,27H,8-12,15-16H2,1-2H3. The molecule has 29 heavy (non-hydrogen) atoms. The molecule has 1 aliphatic heterocycles. The quantitative estimate of drug-likeness (QED) is 0.753. The SMILES string of the molecule is COc1cc2c(cc1OC)C(O)C(NCC1CCN(Cc3ccccc3)CC1)C2. The number of ether oxygens (including phenoxy) is 2. The molecule has 2 aliphatic rings. The predicted molar refractivity (Wildman–Crippen MR) is 114 cm³/mol. The summed E-state index contributed by atoms with van der Waals surface area (Å²) in [6, 6.07) is 14.7. The topological polar surface area (TPSA) is 54.0 Å². The number of nitrogens with one attached hydrogen (secondary N) is 1. The largest absolute Gasteiger partial charge is 0.493 e. The van der Waals surface area contributed by atoms with Crippen molar-refractivity contribution in [2.45, 2.75) is 38.0 Å². The van der Waals surface area contributed by atoms with E-state index in [4.69, 9.17) is 9.47 Å². The summed E-state index contributed by atoms with van der Waals surface area (Å²) in [4.78, 5) is 2.55. The van der Waals surface area contributed by atoms with Gasteiger partial charge in [-0.1, -0.05) is 30.3 Å². The summed E-state index contributed by atoms with van der Waals surface area (Å²) in [5, 5.41) is 14.4. The monoisotopic (exact) mass is 396 g/mol. The fraction of sp³-hybridized carbons (Fsp3) is 0.500. The van der Waals surface area contributed by atoms with Crippen molar-refractivity contribution in [3.8, 4) is 11.5 Å². The third-order valence-corrected chi connectivity index (χ3v) is 6.41. The van der Waals surface area contributed by atoms with E-state index in [9.17, 15) is 5.11 Å². The summed E-state index contributed by atoms with van der Waals surface area (Å²) in [6.07, 6.45) is 2.74. The second kappa shape index (κ2) is 9.16. The molecule has 2 aromatic carbocycles. The molecule has 0 amide bonds. The number of fused-ring (bicyclic) bond motifs is 1. The molecule has 2 aromatic rings. The summed E-state index contributed by atoms with van der Waals surface area (Å²) in [7, 11) is 3.28. The molecule has 2 atom stereocenters. The number of aliphatic hydroxyl groups is 1. The maximum atomic E-state index is 10.8. The first-order valence-corrected chi connectivity index (χ1v) is 10.6. The summed E-state index contributed by atoms with van der Waals surface area (Å²) in [6.45, 7) is 4.29. The molecule has 1 fully saturated rings. The molecule has 5 heteroatoms. The third kappa shape index (κ3) is 4.58. The van der Waals surface area contributed by atoms with E-state index in [-0.39, 0.29) is 6.04 Å². The molecular formula is C24H32N2O3. The normalized spacial score (nSPS) is 22.4. The van der Waals surface area contributed by atoms with Crippen molar-refractivity contribution in [2.24, 2.45) is 5.92 Å². The first kappa shape index (κ1) is 20.2. The van der Waals surface area contributed by atoms with Crippen LogP contribution in [0.25, 0.3) is 0 Å². The fourth-order valence-corrected chi connectivity index (χ4v) is 4.65. The van der Waals surface area contributed by atoms with Gasteiger partial charge >= 0.3 is 0 Å². The Morgan fingerprint density at radius 2 is 1.72 bits per heavy atom. The van der Waals surface area contributed by atoms with Crippen LogP contribution in [0.15, 0.2) is 42.5 Å². The number of likely N-dealkylation sites (tertiary alicyclic amines) is 1. The number of hydrogen-bond donors (Lipinski definition) is 2. The van der Waals surface area contributed by atoms with Crippen molar-refractivity contribution in [3.63, 3.8) is 0 Å². The average molecular weight is 397 g/mol. The van der Waals surface area contributed by atoms with Crippen molar-refractivity contribution in [3.05, 3.63) is 59.2 Å². The van der Waals surface area contributed by atoms with Crippen LogP contribution in [0, 0.1) is 5.92 Å². The number of piperidine rings is 1. The third-order valence-electron chi connectivity index (χ3n) is 6.41. The smallest absolute Gasteiger partial charge is 0.161 e. The zero-order valence-corrected chi connectivity index (χ0v) is 17.4. The van der Waals surface area contributed by atoms with Gasteiger partial charge < -0.3 is 19.9 Å². The van der Waals surface area contributed by atoms with Gasteiger partial charge in [-0.2, -0.15) is 0 Å². The Hall–Kier alpha value is -2.08. The Balaban J connectivity index is 1.27. The zero-order chi connectivity index (χ0) is 20.2. The first-order valence-electron chi connectivity index (χ1n) is 10.6. The van der Waals surface area contributed by atoms with Crippen LogP contribution in [-0.2, 0) is 13.0 Å². The minimum atomic E-state index is -0.497. The number of nitrogens with zero attached hydrogens (tertiary/aromatic N) is 1. The van der Waals surface area contributed by atoms with Gasteiger partial charge in [0.15, 0.2) is 11.5 Å². The number of aliphatic hydroxyl groups excluding tert-OH is 1. The van der Waals surface area contributed by atoms with Gasteiger partial charge in [0.1, 0.15) is 0 Å². The predicted octanol–water partition coefficient (Wildman–Crippen LogP) is 3.16. The molecular weight excluding hydrogens is 364 g/mol. The van der Waals surface area contributed by atoms with E-state index < -0.39 is 6.10 Å². The van der Waals surface area contributed by atoms with E-state index in [0.29, 0.717) is 11.7 Å². The fourth-order valence-electron chi connectivity index (χ4n) is 4.65. The lowest BCUT2D eigenvalue weighted by atomic mass is 9.96. The molecule has 2 unspecified atom stereocenters. The molecule has 0 radical (unpaired) electrons. The van der Waals surface area contributed by atoms with Gasteiger partial charge in [-0.15, -0.1) is 0 Å². The molecule has 2 N–H and O–H groups in total.